The molecular formula is C12H17N3O. The second-order valence-corrected chi connectivity index (χ2v) is 4.21. The second kappa shape index (κ2) is 4.53. The highest BCUT2D eigenvalue weighted by molar-refractivity contribution is 5.77. The maximum Gasteiger partial charge on any atom is 0.138 e. The van der Waals surface area contributed by atoms with Crippen LogP contribution in [0.25, 0.3) is 11.0 Å². The third-order valence-corrected chi connectivity index (χ3v) is 2.39. The minimum Gasteiger partial charge on any atom is -0.491 e. The van der Waals surface area contributed by atoms with Crippen LogP contribution in [0.2, 0.25) is 0 Å². The zero-order chi connectivity index (χ0) is 11.5. The maximum absolute atomic E-state index is 5.62. The summed E-state index contributed by atoms with van der Waals surface area (Å²) in [6.07, 6.45) is 1.76. The Balaban J connectivity index is 2.07. The lowest BCUT2D eigenvalue weighted by atomic mass is 10.3. The van der Waals surface area contributed by atoms with Crippen LogP contribution in [-0.4, -0.2) is 42.1 Å². The van der Waals surface area contributed by atoms with Gasteiger partial charge in [0.2, 0.25) is 0 Å². The third kappa shape index (κ3) is 2.52. The highest BCUT2D eigenvalue weighted by Crippen LogP contribution is 2.18. The molecule has 0 unspecified atom stereocenters. The summed E-state index contributed by atoms with van der Waals surface area (Å²) in [5, 5.41) is 1.10. The van der Waals surface area contributed by atoms with Crippen molar-refractivity contribution in [3.8, 4) is 5.75 Å². The van der Waals surface area contributed by atoms with E-state index in [0.29, 0.717) is 6.61 Å². The minimum absolute atomic E-state index is 0.684. The van der Waals surface area contributed by atoms with Crippen LogP contribution in [0.1, 0.15) is 5.69 Å². The van der Waals surface area contributed by atoms with Crippen molar-refractivity contribution in [2.75, 3.05) is 27.2 Å². The van der Waals surface area contributed by atoms with Crippen molar-refractivity contribution in [2.24, 2.45) is 0 Å². The molecule has 2 aromatic heterocycles. The quantitative estimate of drug-likeness (QED) is 0.852. The molecule has 2 rings (SSSR count). The van der Waals surface area contributed by atoms with E-state index in [1.165, 1.54) is 0 Å². The lowest BCUT2D eigenvalue weighted by molar-refractivity contribution is 0.261. The zero-order valence-electron chi connectivity index (χ0n) is 9.95. The third-order valence-electron chi connectivity index (χ3n) is 2.39. The summed E-state index contributed by atoms with van der Waals surface area (Å²) >= 11 is 0. The molecule has 1 N–H and O–H groups in total. The standard InChI is InChI=1S/C12H17N3O/c1-9-6-10-7-11(8-13-12(10)14-9)16-5-4-15(2)3/h6-8H,4-5H2,1-3H3,(H,13,14). The van der Waals surface area contributed by atoms with Crippen molar-refractivity contribution in [1.82, 2.24) is 14.9 Å². The summed E-state index contributed by atoms with van der Waals surface area (Å²) in [5.74, 6) is 0.827. The van der Waals surface area contributed by atoms with E-state index in [2.05, 4.69) is 20.9 Å². The highest BCUT2D eigenvalue weighted by Gasteiger charge is 2.01. The normalized spacial score (nSPS) is 11.2. The first kappa shape index (κ1) is 11.0. The molecule has 4 heteroatoms. The first-order valence-electron chi connectivity index (χ1n) is 5.38. The zero-order valence-corrected chi connectivity index (χ0v) is 9.95. The Bertz CT molecular complexity index is 476. The fourth-order valence-corrected chi connectivity index (χ4v) is 1.56. The van der Waals surface area contributed by atoms with E-state index in [9.17, 15) is 0 Å². The predicted octanol–water partition coefficient (Wildman–Crippen LogP) is 1.81. The molecule has 0 aliphatic carbocycles. The summed E-state index contributed by atoms with van der Waals surface area (Å²) in [4.78, 5) is 9.58. The van der Waals surface area contributed by atoms with E-state index < -0.39 is 0 Å². The highest BCUT2D eigenvalue weighted by atomic mass is 16.5. The molecule has 0 bridgehead atoms. The van der Waals surface area contributed by atoms with E-state index in [4.69, 9.17) is 4.74 Å². The molecule has 2 heterocycles. The molecule has 0 saturated heterocycles. The van der Waals surface area contributed by atoms with Crippen LogP contribution in [0.5, 0.6) is 5.75 Å². The first-order chi connectivity index (χ1) is 7.65. The Morgan fingerprint density at radius 2 is 2.19 bits per heavy atom. The Hall–Kier alpha value is -1.55. The molecule has 0 spiro atoms. The smallest absolute Gasteiger partial charge is 0.138 e. The molecule has 0 aromatic carbocycles. The molecule has 0 fully saturated rings. The fraction of sp³-hybridized carbons (Fsp3) is 0.417. The van der Waals surface area contributed by atoms with Crippen molar-refractivity contribution >= 4 is 11.0 Å². The van der Waals surface area contributed by atoms with Crippen molar-refractivity contribution in [3.63, 3.8) is 0 Å². The molecule has 0 aliphatic rings. The van der Waals surface area contributed by atoms with Gasteiger partial charge in [0, 0.05) is 17.6 Å². The van der Waals surface area contributed by atoms with Crippen LogP contribution in [0, 0.1) is 6.92 Å². The number of nitrogens with zero attached hydrogens (tertiary/aromatic N) is 2. The predicted molar refractivity (Wildman–Crippen MR) is 64.9 cm³/mol. The lowest BCUT2D eigenvalue weighted by Gasteiger charge is -2.10. The molecule has 4 nitrogen and oxygen atoms in total. The number of nitrogens with one attached hydrogen (secondary N) is 1. The van der Waals surface area contributed by atoms with Crippen molar-refractivity contribution < 1.29 is 4.74 Å². The number of aromatic nitrogens is 2. The van der Waals surface area contributed by atoms with Gasteiger partial charge in [0.05, 0.1) is 6.20 Å². The Morgan fingerprint density at radius 3 is 2.94 bits per heavy atom. The molecule has 0 atom stereocenters. The van der Waals surface area contributed by atoms with Gasteiger partial charge >= 0.3 is 0 Å². The minimum atomic E-state index is 0.684. The Kier molecular flexibility index (Phi) is 3.10. The van der Waals surface area contributed by atoms with Gasteiger partial charge in [0.15, 0.2) is 0 Å². The number of pyridine rings is 1. The van der Waals surface area contributed by atoms with E-state index in [0.717, 1.165) is 29.0 Å². The number of likely N-dealkylation sites (N-methyl/N-ethyl adjacent to an activating group) is 1. The average Bonchev–Trinajstić information content (AvgIpc) is 2.56. The number of hydrogen-bond acceptors (Lipinski definition) is 3. The first-order valence-corrected chi connectivity index (χ1v) is 5.38. The summed E-state index contributed by atoms with van der Waals surface area (Å²) in [6.45, 7) is 3.61. The van der Waals surface area contributed by atoms with Crippen LogP contribution in [-0.2, 0) is 0 Å². The van der Waals surface area contributed by atoms with Crippen LogP contribution >= 0.6 is 0 Å². The Morgan fingerprint density at radius 1 is 1.38 bits per heavy atom. The van der Waals surface area contributed by atoms with Gasteiger partial charge in [-0.3, -0.25) is 0 Å². The van der Waals surface area contributed by atoms with Gasteiger partial charge in [-0.25, -0.2) is 4.98 Å². The monoisotopic (exact) mass is 219 g/mol. The van der Waals surface area contributed by atoms with Gasteiger partial charge in [0.1, 0.15) is 18.0 Å². The van der Waals surface area contributed by atoms with E-state index >= 15 is 0 Å². The number of H-pyrrole nitrogens is 1. The van der Waals surface area contributed by atoms with Crippen LogP contribution < -0.4 is 4.74 Å². The number of aromatic amines is 1. The summed E-state index contributed by atoms with van der Waals surface area (Å²) in [7, 11) is 4.06. The Labute approximate surface area is 95.2 Å². The number of aryl methyl sites for hydroxylation is 1. The van der Waals surface area contributed by atoms with Gasteiger partial charge in [-0.1, -0.05) is 0 Å². The number of ether oxygens (including phenoxy) is 1. The molecule has 0 radical (unpaired) electrons. The van der Waals surface area contributed by atoms with Crippen molar-refractivity contribution in [3.05, 3.63) is 24.0 Å². The molecular weight excluding hydrogens is 202 g/mol. The van der Waals surface area contributed by atoms with Gasteiger partial charge < -0.3 is 14.6 Å². The van der Waals surface area contributed by atoms with E-state index in [-0.39, 0.29) is 0 Å². The number of hydrogen-bond donors (Lipinski definition) is 1. The van der Waals surface area contributed by atoms with Crippen molar-refractivity contribution in [2.45, 2.75) is 6.92 Å². The topological polar surface area (TPSA) is 41.1 Å². The molecule has 2 aromatic rings. The van der Waals surface area contributed by atoms with Gasteiger partial charge in [0.25, 0.3) is 0 Å². The average molecular weight is 219 g/mol. The van der Waals surface area contributed by atoms with Gasteiger partial charge in [-0.2, -0.15) is 0 Å². The molecule has 0 amide bonds. The van der Waals surface area contributed by atoms with Crippen molar-refractivity contribution in [1.29, 1.82) is 0 Å². The molecule has 0 saturated carbocycles. The second-order valence-electron chi connectivity index (χ2n) is 4.21. The largest absolute Gasteiger partial charge is 0.491 e. The lowest BCUT2D eigenvalue weighted by Crippen LogP contribution is -2.19. The fourth-order valence-electron chi connectivity index (χ4n) is 1.56. The summed E-state index contributed by atoms with van der Waals surface area (Å²) < 4.78 is 5.62. The van der Waals surface area contributed by atoms with Crippen LogP contribution in [0.15, 0.2) is 18.3 Å². The molecule has 86 valence electrons. The number of rotatable bonds is 4. The summed E-state index contributed by atoms with van der Waals surface area (Å²) in [6, 6.07) is 4.09. The van der Waals surface area contributed by atoms with Gasteiger partial charge in [-0.15, -0.1) is 0 Å². The maximum atomic E-state index is 5.62. The molecule has 0 aliphatic heterocycles. The summed E-state index contributed by atoms with van der Waals surface area (Å²) in [5.41, 5.74) is 2.03. The van der Waals surface area contributed by atoms with E-state index in [1.807, 2.05) is 27.1 Å². The van der Waals surface area contributed by atoms with Crippen LogP contribution in [0.4, 0.5) is 0 Å². The van der Waals surface area contributed by atoms with Gasteiger partial charge in [-0.05, 0) is 33.2 Å². The van der Waals surface area contributed by atoms with E-state index in [1.54, 1.807) is 6.20 Å². The molecule has 16 heavy (non-hydrogen) atoms. The number of fused-ring (bicyclic) bond motifs is 1. The van der Waals surface area contributed by atoms with Crippen LogP contribution in [0.3, 0.4) is 0 Å². The SMILES string of the molecule is Cc1cc2cc(OCCN(C)C)cnc2[nH]1.